The number of ether oxygens (including phenoxy) is 3. The number of thiophene rings is 1. The molecule has 0 amide bonds. The minimum atomic E-state index is -0.678. The lowest BCUT2D eigenvalue weighted by Crippen LogP contribution is -2.19. The van der Waals surface area contributed by atoms with Gasteiger partial charge >= 0.3 is 47.1 Å². The van der Waals surface area contributed by atoms with Gasteiger partial charge in [-0.25, -0.2) is 19.2 Å². The van der Waals surface area contributed by atoms with E-state index in [4.69, 9.17) is 18.6 Å². The number of aryl methyl sites for hydroxylation is 6. The highest BCUT2D eigenvalue weighted by Gasteiger charge is 2.38. The third-order valence-corrected chi connectivity index (χ3v) is 23.5. The summed E-state index contributed by atoms with van der Waals surface area (Å²) >= 11 is 1.39. The Bertz CT molecular complexity index is 8160. The summed E-state index contributed by atoms with van der Waals surface area (Å²) < 4.78 is 31.3. The van der Waals surface area contributed by atoms with Crippen molar-refractivity contribution >= 4 is 207 Å². The molecule has 6 aromatic heterocycles. The molecular formula is C98H74N8O21S. The largest absolute Gasteiger partial charge is 0.432 e. The van der Waals surface area contributed by atoms with Gasteiger partial charge < -0.3 is 56.2 Å². The Morgan fingerprint density at radius 3 is 1.18 bits per heavy atom. The molecule has 30 heteroatoms. The van der Waals surface area contributed by atoms with Gasteiger partial charge in [0.25, 0.3) is 22.8 Å². The summed E-state index contributed by atoms with van der Waals surface area (Å²) in [6, 6.07) is 50.5. The molecule has 0 N–H and O–H groups in total. The molecule has 0 saturated heterocycles. The van der Waals surface area contributed by atoms with Crippen molar-refractivity contribution in [2.24, 2.45) is 20.6 Å². The number of benzene rings is 11. The summed E-state index contributed by atoms with van der Waals surface area (Å²) in [6.07, 6.45) is 1.25. The van der Waals surface area contributed by atoms with E-state index in [-0.39, 0.29) is 62.4 Å². The number of hydrogen-bond donors (Lipinski definition) is 0. The number of carbonyl (C=O) groups excluding carboxylic acids is 10. The zero-order valence-electron chi connectivity index (χ0n) is 70.5. The highest BCUT2D eigenvalue weighted by Crippen LogP contribution is 2.46. The zero-order chi connectivity index (χ0) is 90.3. The quantitative estimate of drug-likeness (QED) is 0.0398. The fraction of sp³-hybridized carbons (Fsp3) is 0.173. The van der Waals surface area contributed by atoms with E-state index in [1.54, 1.807) is 72.8 Å². The first-order valence-corrected chi connectivity index (χ1v) is 41.8. The van der Waals surface area contributed by atoms with Crippen LogP contribution in [0.5, 0.6) is 17.2 Å². The van der Waals surface area contributed by atoms with E-state index in [0.717, 1.165) is 88.6 Å². The lowest BCUT2D eigenvalue weighted by atomic mass is 9.94. The Morgan fingerprint density at radius 1 is 0.359 bits per heavy atom. The van der Waals surface area contributed by atoms with Gasteiger partial charge in [0.2, 0.25) is 5.78 Å². The molecule has 0 aliphatic carbocycles. The first-order chi connectivity index (χ1) is 61.7. The van der Waals surface area contributed by atoms with Gasteiger partial charge in [0.15, 0.2) is 45.3 Å². The summed E-state index contributed by atoms with van der Waals surface area (Å²) in [5.74, 6) is -3.81. The van der Waals surface area contributed by atoms with Gasteiger partial charge in [-0.1, -0.05) is 55.5 Å². The number of fused-ring (bicyclic) bond motifs is 22. The van der Waals surface area contributed by atoms with Crippen LogP contribution < -0.4 is 36.1 Å². The minimum absolute atomic E-state index is 0.0587. The summed E-state index contributed by atoms with van der Waals surface area (Å²) in [5, 5.41) is 23.7. The van der Waals surface area contributed by atoms with Gasteiger partial charge in [-0.15, -0.1) is 11.3 Å². The first kappa shape index (κ1) is 84.1. The number of furan rings is 1. The number of hydrogen-bond acceptors (Lipinski definition) is 26. The van der Waals surface area contributed by atoms with E-state index in [0.29, 0.717) is 131 Å². The number of rotatable bonds is 15. The lowest BCUT2D eigenvalue weighted by molar-refractivity contribution is -0.142. The molecule has 20 rings (SSSR count). The monoisotopic (exact) mass is 1730 g/mol. The smallest absolute Gasteiger partial charge is 0.332 e. The fourth-order valence-corrected chi connectivity index (χ4v) is 17.8. The van der Waals surface area contributed by atoms with Gasteiger partial charge in [-0.2, -0.15) is 0 Å². The van der Waals surface area contributed by atoms with Crippen LogP contribution >= 0.6 is 11.3 Å². The standard InChI is InChI=1S/C27H22N2O5.C26H16N2O6.C23H16N2O5S.C22H20N2O5/c1-5-29-20-11-9-17(24(31)22-14(2)7-6-8-15(22)3)13-19(20)23-21(29)12-10-18-25(32)27(33-26(18)23)28-34-16(4)30;1-3-28-19-9-8-15-24(32)26(27-34-12(2)29)33-25(15)21(19)18-10-16-17(11-20(18)28)23(31)14-7-5-4-6-13(14)22(16)30;1-3-25-16-8-6-13(20(27)18-5-4-10-31-18)11-15(16)19-17(25)9-7-14-21(28)23(29-22(14)19)24-30-12(2)26;1-4-6-18(26)13-7-9-16-15(11-13)19-17(24(16)5-2)10-8-14-20(27)22(28-21(14)19)23-29-12(3)25/h6-13H,5H2,1-4H3;4-11H,3H2,1-2H3;4-11H,3H2,1-2H3;7-11H,4-6H2,1-3H3/b28-27-;27-26-;24-23-;23-22-. The molecule has 128 heavy (non-hydrogen) atoms. The van der Waals surface area contributed by atoms with Gasteiger partial charge in [0.1, 0.15) is 0 Å². The van der Waals surface area contributed by atoms with Gasteiger partial charge in [0, 0.05) is 142 Å². The Labute approximate surface area is 727 Å². The maximum Gasteiger partial charge on any atom is 0.332 e. The van der Waals surface area contributed by atoms with Gasteiger partial charge in [0.05, 0.1) is 76.1 Å². The summed E-state index contributed by atoms with van der Waals surface area (Å²) in [4.78, 5) is 180. The molecule has 3 aliphatic rings. The third kappa shape index (κ3) is 14.3. The van der Waals surface area contributed by atoms with E-state index in [1.807, 2.05) is 155 Å². The fourth-order valence-electron chi connectivity index (χ4n) is 17.1. The van der Waals surface area contributed by atoms with Crippen molar-refractivity contribution in [1.82, 2.24) is 18.3 Å². The second-order valence-electron chi connectivity index (χ2n) is 30.4. The lowest BCUT2D eigenvalue weighted by Gasteiger charge is -2.09. The average Bonchev–Trinajstić information content (AvgIpc) is 1.56. The van der Waals surface area contributed by atoms with Crippen molar-refractivity contribution < 1.29 is 85.9 Å². The van der Waals surface area contributed by atoms with Crippen LogP contribution in [0.1, 0.15) is 159 Å². The molecule has 0 fully saturated rings. The van der Waals surface area contributed by atoms with Crippen molar-refractivity contribution in [2.45, 2.75) is 115 Å². The molecule has 9 heterocycles. The highest BCUT2D eigenvalue weighted by atomic mass is 32.1. The van der Waals surface area contributed by atoms with Crippen LogP contribution in [0.15, 0.2) is 215 Å². The van der Waals surface area contributed by atoms with Crippen LogP contribution in [0.3, 0.4) is 0 Å². The molecule has 0 spiro atoms. The molecule has 11 aromatic carbocycles. The highest BCUT2D eigenvalue weighted by molar-refractivity contribution is 7.12. The number of oxime groups is 3. The Balaban J connectivity index is 0.000000120. The normalized spacial score (nSPS) is 13.8. The van der Waals surface area contributed by atoms with Crippen LogP contribution in [0.4, 0.5) is 0 Å². The minimum Gasteiger partial charge on any atom is -0.432 e. The maximum atomic E-state index is 13.5. The van der Waals surface area contributed by atoms with Crippen LogP contribution in [0.2, 0.25) is 0 Å². The number of ketones is 6. The number of carbonyl (C=O) groups is 10. The summed E-state index contributed by atoms with van der Waals surface area (Å²) in [7, 11) is 0. The van der Waals surface area contributed by atoms with Gasteiger partial charge in [-0.05, 0) is 206 Å². The van der Waals surface area contributed by atoms with E-state index in [1.165, 1.54) is 39.0 Å². The van der Waals surface area contributed by atoms with Crippen molar-refractivity contribution in [3.63, 3.8) is 0 Å². The molecule has 17 aromatic rings. The molecule has 0 saturated carbocycles. The predicted molar refractivity (Wildman–Crippen MR) is 483 cm³/mol. The second kappa shape index (κ2) is 33.5. The van der Waals surface area contributed by atoms with Crippen LogP contribution in [-0.2, 0) is 64.7 Å². The summed E-state index contributed by atoms with van der Waals surface area (Å²) in [6.45, 7) is 21.3. The van der Waals surface area contributed by atoms with Crippen molar-refractivity contribution in [3.05, 3.63) is 266 Å². The predicted octanol–water partition coefficient (Wildman–Crippen LogP) is 17.1. The summed E-state index contributed by atoms with van der Waals surface area (Å²) in [5.41, 5.74) is 11.2. The van der Waals surface area contributed by atoms with E-state index < -0.39 is 46.7 Å². The topological polar surface area (TPSA) is 369 Å². The number of nitrogens with zero attached hydrogens (tertiary/aromatic N) is 8. The first-order valence-electron chi connectivity index (χ1n) is 40.9. The number of Topliss-reactive ketones (excluding diaryl/α,β-unsaturated/α-hetero) is 4. The molecule has 0 unspecified atom stereocenters. The SMILES string of the molecule is CCCC(=O)c1ccc2c(c1)c1c3c(ccc1n2CC)C(=O)/C(=N/OC(C)=O)O3.CCn1c2cc3c(=O)c4ccccc4c(=O)c3cc2c2c3o/c(=N\OC(C)=O)c(=O)c3ccc21.CCn1c2ccc(C(=O)c3c(C)cccc3C)cc2c2c3c(ccc21)C(=O)/C(=N/OC(C)=O)O3.CCn1c2ccc(C(=O)c3cccs3)cc2c2c3c(ccc21)C(=O)/C(=N/OC(C)=O)O3. The van der Waals surface area contributed by atoms with E-state index in [9.17, 15) is 62.3 Å². The molecule has 0 radical (unpaired) electrons. The van der Waals surface area contributed by atoms with Crippen LogP contribution in [0, 0.1) is 13.8 Å². The molecule has 0 bridgehead atoms. The Hall–Kier alpha value is -16.1. The van der Waals surface area contributed by atoms with Crippen LogP contribution in [-0.4, -0.2) is 94.5 Å². The average molecular weight is 1730 g/mol. The van der Waals surface area contributed by atoms with Crippen molar-refractivity contribution in [3.8, 4) is 17.2 Å². The van der Waals surface area contributed by atoms with Crippen molar-refractivity contribution in [2.75, 3.05) is 0 Å². The Kier molecular flexibility index (Phi) is 22.0. The van der Waals surface area contributed by atoms with E-state index in [2.05, 4.69) is 53.7 Å². The molecule has 638 valence electrons. The maximum absolute atomic E-state index is 13.5. The molecule has 29 nitrogen and oxygen atoms in total. The second-order valence-corrected chi connectivity index (χ2v) is 31.3. The van der Waals surface area contributed by atoms with E-state index >= 15 is 0 Å². The third-order valence-electron chi connectivity index (χ3n) is 22.6. The Morgan fingerprint density at radius 2 is 0.750 bits per heavy atom. The zero-order valence-corrected chi connectivity index (χ0v) is 71.4. The van der Waals surface area contributed by atoms with Crippen molar-refractivity contribution in [1.29, 1.82) is 0 Å². The molecular weight excluding hydrogens is 1660 g/mol. The number of aromatic nitrogens is 4. The molecule has 3 aliphatic heterocycles. The van der Waals surface area contributed by atoms with Crippen LogP contribution in [0.25, 0.3) is 120 Å². The molecule has 0 atom stereocenters. The van der Waals surface area contributed by atoms with Gasteiger partial charge in [-0.3, -0.25) is 43.2 Å².